The van der Waals surface area contributed by atoms with Gasteiger partial charge in [0.15, 0.2) is 6.29 Å². The van der Waals surface area contributed by atoms with Gasteiger partial charge in [0.05, 0.1) is 0 Å². The second kappa shape index (κ2) is 3.63. The smallest absolute Gasteiger partial charge is 0.153 e. The third-order valence-corrected chi connectivity index (χ3v) is 2.40. The van der Waals surface area contributed by atoms with Crippen molar-refractivity contribution in [2.75, 3.05) is 11.0 Å². The van der Waals surface area contributed by atoms with E-state index in [4.69, 9.17) is 0 Å². The van der Waals surface area contributed by atoms with Gasteiger partial charge in [-0.1, -0.05) is 11.9 Å². The van der Waals surface area contributed by atoms with E-state index in [-0.39, 0.29) is 0 Å². The van der Waals surface area contributed by atoms with Crippen molar-refractivity contribution in [1.82, 2.24) is 0 Å². The number of anilines is 1. The fraction of sp³-hybridized carbons (Fsp3) is 0.167. The maximum Gasteiger partial charge on any atom is 0.153 e. The first kappa shape index (κ1) is 7.63. The van der Waals surface area contributed by atoms with Crippen LogP contribution in [0, 0.1) is 0 Å². The van der Waals surface area contributed by atoms with E-state index in [1.165, 1.54) is 23.3 Å². The molecule has 1 aromatic heterocycles. The van der Waals surface area contributed by atoms with Crippen LogP contribution < -0.4 is 4.72 Å². The van der Waals surface area contributed by atoms with Gasteiger partial charge in [0.25, 0.3) is 0 Å². The molecule has 0 aliphatic rings. The van der Waals surface area contributed by atoms with Crippen LogP contribution in [0.5, 0.6) is 0 Å². The predicted molar refractivity (Wildman–Crippen MR) is 46.8 cm³/mol. The molecule has 0 bridgehead atoms. The van der Waals surface area contributed by atoms with Gasteiger partial charge in [0.2, 0.25) is 0 Å². The Hall–Kier alpha value is -0.480. The van der Waals surface area contributed by atoms with E-state index in [1.54, 1.807) is 6.07 Å². The van der Waals surface area contributed by atoms with E-state index in [0.29, 0.717) is 0 Å². The summed E-state index contributed by atoms with van der Waals surface area (Å²) in [5.74, 6) is 0. The highest BCUT2D eigenvalue weighted by atomic mass is 32.2. The topological polar surface area (TPSA) is 29.1 Å². The zero-order valence-electron chi connectivity index (χ0n) is 5.46. The van der Waals surface area contributed by atoms with Crippen molar-refractivity contribution in [1.29, 1.82) is 0 Å². The van der Waals surface area contributed by atoms with Gasteiger partial charge in [0, 0.05) is 11.8 Å². The predicted octanol–water partition coefficient (Wildman–Crippen LogP) is 2.25. The molecule has 10 heavy (non-hydrogen) atoms. The summed E-state index contributed by atoms with van der Waals surface area (Å²) in [7, 11) is 0. The highest BCUT2D eigenvalue weighted by Crippen LogP contribution is 2.23. The van der Waals surface area contributed by atoms with Gasteiger partial charge < -0.3 is 4.72 Å². The number of hydrogen-bond acceptors (Lipinski definition) is 4. The van der Waals surface area contributed by atoms with Crippen LogP contribution in [0.3, 0.4) is 0 Å². The molecule has 0 radical (unpaired) electrons. The van der Waals surface area contributed by atoms with Crippen LogP contribution in [0.25, 0.3) is 0 Å². The van der Waals surface area contributed by atoms with Crippen LogP contribution in [0.4, 0.5) is 5.00 Å². The van der Waals surface area contributed by atoms with Gasteiger partial charge in [0.1, 0.15) is 5.00 Å². The molecule has 2 nitrogen and oxygen atoms in total. The molecule has 0 spiro atoms. The Labute approximate surface area is 67.8 Å². The summed E-state index contributed by atoms with van der Waals surface area (Å²) in [6.45, 7) is 0. The summed E-state index contributed by atoms with van der Waals surface area (Å²) < 4.78 is 3.01. The third-order valence-electron chi connectivity index (χ3n) is 1.02. The van der Waals surface area contributed by atoms with Crippen LogP contribution in [-0.2, 0) is 0 Å². The lowest BCUT2D eigenvalue weighted by Crippen LogP contribution is -1.84. The van der Waals surface area contributed by atoms with E-state index in [2.05, 4.69) is 4.72 Å². The second-order valence-corrected chi connectivity index (χ2v) is 3.16. The minimum atomic E-state index is 0.736. The normalized spacial score (nSPS) is 9.30. The molecule has 1 N–H and O–H groups in total. The Morgan fingerprint density at radius 1 is 1.80 bits per heavy atom. The molecule has 1 rings (SSSR count). The van der Waals surface area contributed by atoms with Gasteiger partial charge in [-0.25, -0.2) is 0 Å². The molecule has 0 fully saturated rings. The number of nitrogens with one attached hydrogen (secondary N) is 1. The monoisotopic (exact) mass is 173 g/mol. The van der Waals surface area contributed by atoms with Gasteiger partial charge in [-0.15, -0.1) is 11.3 Å². The molecular formula is C6H7NOS2. The summed E-state index contributed by atoms with van der Waals surface area (Å²) in [5, 5.41) is 2.82. The molecule has 0 saturated heterocycles. The number of carbonyl (C=O) groups excluding carboxylic acids is 1. The first-order chi connectivity index (χ1) is 4.88. The Morgan fingerprint density at radius 3 is 3.20 bits per heavy atom. The molecule has 0 saturated carbocycles. The summed E-state index contributed by atoms with van der Waals surface area (Å²) in [5.41, 5.74) is 0.736. The number of thiophene rings is 1. The summed E-state index contributed by atoms with van der Waals surface area (Å²) in [4.78, 5) is 10.3. The highest BCUT2D eigenvalue weighted by Gasteiger charge is 1.99. The van der Waals surface area contributed by atoms with Gasteiger partial charge in [-0.05, 0) is 11.4 Å². The van der Waals surface area contributed by atoms with Crippen molar-refractivity contribution < 1.29 is 4.79 Å². The maximum absolute atomic E-state index is 10.3. The first-order valence-corrected chi connectivity index (χ1v) is 4.80. The van der Waals surface area contributed by atoms with E-state index < -0.39 is 0 Å². The standard InChI is InChI=1S/C6H7NOS2/c1-9-7-6-5(4-8)2-3-10-6/h2-4,7H,1H3. The molecule has 0 amide bonds. The summed E-state index contributed by atoms with van der Waals surface area (Å²) >= 11 is 3.03. The van der Waals surface area contributed by atoms with Crippen LogP contribution in [0.2, 0.25) is 0 Å². The Bertz CT molecular complexity index is 221. The number of rotatable bonds is 3. The Morgan fingerprint density at radius 2 is 2.60 bits per heavy atom. The fourth-order valence-electron chi connectivity index (χ4n) is 0.588. The molecule has 0 aliphatic heterocycles. The Kier molecular flexibility index (Phi) is 2.77. The largest absolute Gasteiger partial charge is 0.321 e. The van der Waals surface area contributed by atoms with Crippen molar-refractivity contribution in [3.8, 4) is 0 Å². The van der Waals surface area contributed by atoms with Gasteiger partial charge in [-0.2, -0.15) is 0 Å². The van der Waals surface area contributed by atoms with Crippen molar-refractivity contribution >= 4 is 34.6 Å². The van der Waals surface area contributed by atoms with Gasteiger partial charge >= 0.3 is 0 Å². The van der Waals surface area contributed by atoms with Crippen molar-refractivity contribution in [3.05, 3.63) is 17.0 Å². The maximum atomic E-state index is 10.3. The third kappa shape index (κ3) is 1.52. The molecule has 0 unspecified atom stereocenters. The van der Waals surface area contributed by atoms with Crippen LogP contribution >= 0.6 is 23.3 Å². The molecule has 1 aromatic rings. The van der Waals surface area contributed by atoms with E-state index in [9.17, 15) is 4.79 Å². The Balaban J connectivity index is 2.79. The first-order valence-electron chi connectivity index (χ1n) is 2.70. The van der Waals surface area contributed by atoms with Crippen molar-refractivity contribution in [2.45, 2.75) is 0 Å². The average molecular weight is 173 g/mol. The van der Waals surface area contributed by atoms with Crippen LogP contribution in [0.15, 0.2) is 11.4 Å². The zero-order chi connectivity index (χ0) is 7.40. The lowest BCUT2D eigenvalue weighted by Gasteiger charge is -1.96. The average Bonchev–Trinajstić information content (AvgIpc) is 2.36. The lowest BCUT2D eigenvalue weighted by atomic mass is 10.4. The molecule has 0 atom stereocenters. The molecule has 4 heteroatoms. The molecule has 1 heterocycles. The molecular weight excluding hydrogens is 166 g/mol. The quantitative estimate of drug-likeness (QED) is 0.561. The van der Waals surface area contributed by atoms with Crippen LogP contribution in [-0.4, -0.2) is 12.5 Å². The summed E-state index contributed by atoms with van der Waals surface area (Å²) in [6.07, 6.45) is 2.78. The van der Waals surface area contributed by atoms with E-state index >= 15 is 0 Å². The molecule has 0 aromatic carbocycles. The van der Waals surface area contributed by atoms with Crippen LogP contribution in [0.1, 0.15) is 10.4 Å². The number of aldehydes is 1. The van der Waals surface area contributed by atoms with E-state index in [0.717, 1.165) is 16.9 Å². The number of carbonyl (C=O) groups is 1. The second-order valence-electron chi connectivity index (χ2n) is 1.63. The minimum absolute atomic E-state index is 0.736. The molecule has 54 valence electrons. The van der Waals surface area contributed by atoms with Gasteiger partial charge in [-0.3, -0.25) is 4.79 Å². The highest BCUT2D eigenvalue weighted by molar-refractivity contribution is 8.00. The van der Waals surface area contributed by atoms with Crippen molar-refractivity contribution in [3.63, 3.8) is 0 Å². The SMILES string of the molecule is CSNc1sccc1C=O. The zero-order valence-corrected chi connectivity index (χ0v) is 7.09. The van der Waals surface area contributed by atoms with E-state index in [1.807, 2.05) is 11.6 Å². The fourth-order valence-corrected chi connectivity index (χ4v) is 1.94. The number of hydrogen-bond donors (Lipinski definition) is 1. The lowest BCUT2D eigenvalue weighted by molar-refractivity contribution is 0.112. The summed E-state index contributed by atoms with van der Waals surface area (Å²) in [6, 6.07) is 1.80. The van der Waals surface area contributed by atoms with Crippen molar-refractivity contribution in [2.24, 2.45) is 0 Å². The minimum Gasteiger partial charge on any atom is -0.321 e. The molecule has 0 aliphatic carbocycles.